The summed E-state index contributed by atoms with van der Waals surface area (Å²) in [4.78, 5) is 25.4. The molecule has 0 saturated heterocycles. The molecule has 0 saturated carbocycles. The van der Waals surface area contributed by atoms with Gasteiger partial charge in [-0.2, -0.15) is 0 Å². The molecule has 17 heavy (non-hydrogen) atoms. The molecule has 0 aliphatic heterocycles. The number of esters is 1. The van der Waals surface area contributed by atoms with Gasteiger partial charge in [-0.25, -0.2) is 4.79 Å². The Balaban J connectivity index is 2.26. The summed E-state index contributed by atoms with van der Waals surface area (Å²) in [5.41, 5.74) is 0.318. The second-order valence-electron chi connectivity index (χ2n) is 3.51. The van der Waals surface area contributed by atoms with Crippen LogP contribution in [-0.4, -0.2) is 30.0 Å². The summed E-state index contributed by atoms with van der Waals surface area (Å²) in [6.45, 7) is 2.40. The predicted octanol–water partition coefficient (Wildman–Crippen LogP) is 1.85. The van der Waals surface area contributed by atoms with E-state index in [4.69, 9.17) is 4.74 Å². The van der Waals surface area contributed by atoms with E-state index in [1.807, 2.05) is 6.92 Å². The fourth-order valence-electron chi connectivity index (χ4n) is 1.15. The number of aromatic nitrogens is 1. The Morgan fingerprint density at radius 3 is 2.88 bits per heavy atom. The molecular weight excluding hydrogens is 288 g/mol. The summed E-state index contributed by atoms with van der Waals surface area (Å²) in [6, 6.07) is 1.59. The quantitative estimate of drug-likeness (QED) is 0.622. The van der Waals surface area contributed by atoms with Crippen molar-refractivity contribution in [3.8, 4) is 0 Å². The Bertz CT molecular complexity index is 390. The lowest BCUT2D eigenvalue weighted by Gasteiger charge is -2.04. The van der Waals surface area contributed by atoms with Crippen molar-refractivity contribution >= 4 is 27.8 Å². The molecule has 0 unspecified atom stereocenters. The van der Waals surface area contributed by atoms with E-state index in [0.717, 1.165) is 17.3 Å². The lowest BCUT2D eigenvalue weighted by atomic mass is 10.3. The molecule has 0 atom stereocenters. The van der Waals surface area contributed by atoms with E-state index in [0.29, 0.717) is 12.2 Å². The maximum Gasteiger partial charge on any atom is 0.355 e. The van der Waals surface area contributed by atoms with Crippen molar-refractivity contribution < 1.29 is 14.3 Å². The monoisotopic (exact) mass is 302 g/mol. The van der Waals surface area contributed by atoms with Crippen molar-refractivity contribution in [2.24, 2.45) is 0 Å². The molecule has 5 nitrogen and oxygen atoms in total. The molecule has 1 aromatic heterocycles. The van der Waals surface area contributed by atoms with Crippen molar-refractivity contribution in [2.75, 3.05) is 13.2 Å². The molecular formula is C11H15BrN2O3. The first kappa shape index (κ1) is 13.8. The number of H-pyrrole nitrogens is 1. The molecule has 1 rings (SSSR count). The number of halogens is 1. The van der Waals surface area contributed by atoms with Gasteiger partial charge in [0.1, 0.15) is 5.69 Å². The molecule has 1 aromatic rings. The van der Waals surface area contributed by atoms with E-state index >= 15 is 0 Å². The third-order valence-corrected chi connectivity index (χ3v) is 2.51. The van der Waals surface area contributed by atoms with Crippen molar-refractivity contribution in [3.05, 3.63) is 22.4 Å². The average molecular weight is 303 g/mol. The lowest BCUT2D eigenvalue weighted by molar-refractivity contribution is -0.124. The third kappa shape index (κ3) is 5.04. The SMILES string of the molecule is CCCCNC(=O)COC(=O)c1cc(Br)c[nH]1. The molecule has 0 aliphatic carbocycles. The van der Waals surface area contributed by atoms with Gasteiger partial charge in [-0.05, 0) is 28.4 Å². The van der Waals surface area contributed by atoms with Crippen molar-refractivity contribution in [1.29, 1.82) is 0 Å². The highest BCUT2D eigenvalue weighted by molar-refractivity contribution is 9.10. The lowest BCUT2D eigenvalue weighted by Crippen LogP contribution is -2.29. The number of amides is 1. The molecule has 1 amide bonds. The van der Waals surface area contributed by atoms with Crippen LogP contribution in [0.5, 0.6) is 0 Å². The van der Waals surface area contributed by atoms with Crippen molar-refractivity contribution in [1.82, 2.24) is 10.3 Å². The normalized spacial score (nSPS) is 10.0. The molecule has 94 valence electrons. The smallest absolute Gasteiger partial charge is 0.355 e. The summed E-state index contributed by atoms with van der Waals surface area (Å²) in [5, 5.41) is 2.66. The van der Waals surface area contributed by atoms with E-state index in [1.165, 1.54) is 0 Å². The Hall–Kier alpha value is -1.30. The standard InChI is InChI=1S/C11H15BrN2O3/c1-2-3-4-13-10(15)7-17-11(16)9-5-8(12)6-14-9/h5-6,14H,2-4,7H2,1H3,(H,13,15). The molecule has 0 fully saturated rings. The Morgan fingerprint density at radius 1 is 1.53 bits per heavy atom. The van der Waals surface area contributed by atoms with Gasteiger partial charge in [0.15, 0.2) is 6.61 Å². The number of hydrogen-bond donors (Lipinski definition) is 2. The maximum atomic E-state index is 11.4. The van der Waals surface area contributed by atoms with Crippen LogP contribution in [0.1, 0.15) is 30.3 Å². The summed E-state index contributed by atoms with van der Waals surface area (Å²) in [7, 11) is 0. The van der Waals surface area contributed by atoms with Crippen LogP contribution in [0, 0.1) is 0 Å². The zero-order chi connectivity index (χ0) is 12.7. The summed E-state index contributed by atoms with van der Waals surface area (Å²) in [5.74, 6) is -0.821. The van der Waals surface area contributed by atoms with E-state index in [2.05, 4.69) is 26.2 Å². The highest BCUT2D eigenvalue weighted by Gasteiger charge is 2.11. The van der Waals surface area contributed by atoms with Crippen LogP contribution >= 0.6 is 15.9 Å². The summed E-state index contributed by atoms with van der Waals surface area (Å²) < 4.78 is 5.59. The first-order valence-corrected chi connectivity index (χ1v) is 6.20. The minimum Gasteiger partial charge on any atom is -0.451 e. The van der Waals surface area contributed by atoms with Gasteiger partial charge in [0.05, 0.1) is 0 Å². The van der Waals surface area contributed by atoms with Gasteiger partial charge in [-0.1, -0.05) is 13.3 Å². The Morgan fingerprint density at radius 2 is 2.29 bits per heavy atom. The van der Waals surface area contributed by atoms with Crippen molar-refractivity contribution in [3.63, 3.8) is 0 Å². The molecule has 1 heterocycles. The van der Waals surface area contributed by atoms with E-state index < -0.39 is 5.97 Å². The van der Waals surface area contributed by atoms with Crippen LogP contribution in [0.2, 0.25) is 0 Å². The zero-order valence-electron chi connectivity index (χ0n) is 9.59. The molecule has 0 spiro atoms. The maximum absolute atomic E-state index is 11.4. The number of ether oxygens (including phenoxy) is 1. The highest BCUT2D eigenvalue weighted by atomic mass is 79.9. The van der Waals surface area contributed by atoms with E-state index in [9.17, 15) is 9.59 Å². The minimum atomic E-state index is -0.540. The van der Waals surface area contributed by atoms with Gasteiger partial charge in [0.2, 0.25) is 0 Å². The largest absolute Gasteiger partial charge is 0.451 e. The summed E-state index contributed by atoms with van der Waals surface area (Å²) >= 11 is 3.20. The second kappa shape index (κ2) is 7.11. The van der Waals surface area contributed by atoms with Crippen LogP contribution < -0.4 is 5.32 Å². The highest BCUT2D eigenvalue weighted by Crippen LogP contribution is 2.11. The van der Waals surface area contributed by atoms with Crippen LogP contribution in [0.3, 0.4) is 0 Å². The third-order valence-electron chi connectivity index (χ3n) is 2.05. The number of carbonyl (C=O) groups is 2. The number of rotatable bonds is 6. The van der Waals surface area contributed by atoms with Gasteiger partial charge in [-0.3, -0.25) is 4.79 Å². The van der Waals surface area contributed by atoms with Gasteiger partial charge in [0.25, 0.3) is 5.91 Å². The number of aromatic amines is 1. The number of hydrogen-bond acceptors (Lipinski definition) is 3. The topological polar surface area (TPSA) is 71.2 Å². The Labute approximate surface area is 108 Å². The van der Waals surface area contributed by atoms with Crippen LogP contribution in [0.4, 0.5) is 0 Å². The molecule has 6 heteroatoms. The fraction of sp³-hybridized carbons (Fsp3) is 0.455. The second-order valence-corrected chi connectivity index (χ2v) is 4.43. The predicted molar refractivity (Wildman–Crippen MR) is 66.7 cm³/mol. The van der Waals surface area contributed by atoms with E-state index in [1.54, 1.807) is 12.3 Å². The number of carbonyl (C=O) groups excluding carboxylic acids is 2. The molecule has 2 N–H and O–H groups in total. The van der Waals surface area contributed by atoms with Gasteiger partial charge >= 0.3 is 5.97 Å². The molecule has 0 aliphatic rings. The first-order chi connectivity index (χ1) is 8.13. The minimum absolute atomic E-state index is 0.251. The van der Waals surface area contributed by atoms with Crippen LogP contribution in [0.15, 0.2) is 16.7 Å². The van der Waals surface area contributed by atoms with Crippen LogP contribution in [0.25, 0.3) is 0 Å². The zero-order valence-corrected chi connectivity index (χ0v) is 11.2. The average Bonchev–Trinajstić information content (AvgIpc) is 2.73. The van der Waals surface area contributed by atoms with Gasteiger partial charge < -0.3 is 15.0 Å². The Kier molecular flexibility index (Phi) is 5.76. The first-order valence-electron chi connectivity index (χ1n) is 5.41. The van der Waals surface area contributed by atoms with Crippen molar-refractivity contribution in [2.45, 2.75) is 19.8 Å². The van der Waals surface area contributed by atoms with Gasteiger partial charge in [0, 0.05) is 17.2 Å². The fourth-order valence-corrected chi connectivity index (χ4v) is 1.49. The number of nitrogens with one attached hydrogen (secondary N) is 2. The van der Waals surface area contributed by atoms with Gasteiger partial charge in [-0.15, -0.1) is 0 Å². The summed E-state index contributed by atoms with van der Waals surface area (Å²) in [6.07, 6.45) is 3.55. The van der Waals surface area contributed by atoms with Crippen LogP contribution in [-0.2, 0) is 9.53 Å². The molecule has 0 bridgehead atoms. The van der Waals surface area contributed by atoms with E-state index in [-0.39, 0.29) is 12.5 Å². The number of unbranched alkanes of at least 4 members (excludes halogenated alkanes) is 1. The molecule has 0 aromatic carbocycles. The molecule has 0 radical (unpaired) electrons.